The summed E-state index contributed by atoms with van der Waals surface area (Å²) in [7, 11) is 0. The molecule has 2 aromatic heterocycles. The van der Waals surface area contributed by atoms with E-state index in [1.807, 2.05) is 6.92 Å². The zero-order valence-electron chi connectivity index (χ0n) is 11.3. The van der Waals surface area contributed by atoms with Crippen molar-refractivity contribution in [1.82, 2.24) is 20.4 Å². The lowest BCUT2D eigenvalue weighted by Crippen LogP contribution is -2.24. The van der Waals surface area contributed by atoms with E-state index in [0.29, 0.717) is 29.5 Å². The van der Waals surface area contributed by atoms with Crippen LogP contribution in [0.5, 0.6) is 0 Å². The molecular weight excluding hydrogens is 260 g/mol. The van der Waals surface area contributed by atoms with Gasteiger partial charge in [-0.3, -0.25) is 4.79 Å². The van der Waals surface area contributed by atoms with E-state index in [1.54, 1.807) is 19.1 Å². The van der Waals surface area contributed by atoms with Crippen molar-refractivity contribution in [2.45, 2.75) is 26.8 Å². The second-order valence-electron chi connectivity index (χ2n) is 4.14. The Morgan fingerprint density at radius 3 is 2.80 bits per heavy atom. The van der Waals surface area contributed by atoms with E-state index in [0.717, 1.165) is 5.69 Å². The molecule has 8 heteroatoms. The number of nitrogen functional groups attached to an aromatic ring is 1. The summed E-state index contributed by atoms with van der Waals surface area (Å²) in [6, 6.07) is 3.30. The standard InChI is InChI=1S/C12H16N6O2/c1-3-9-4-8(5-10(16-9)17-13)12(19)14-6-11-15-7(2)20-18-11/h4-5H,3,6,13H2,1-2H3,(H,14,19)(H,16,17). The predicted molar refractivity (Wildman–Crippen MR) is 71.6 cm³/mol. The van der Waals surface area contributed by atoms with Gasteiger partial charge in [0.1, 0.15) is 5.82 Å². The van der Waals surface area contributed by atoms with E-state index < -0.39 is 0 Å². The van der Waals surface area contributed by atoms with Crippen LogP contribution < -0.4 is 16.6 Å². The van der Waals surface area contributed by atoms with Crippen molar-refractivity contribution in [3.8, 4) is 0 Å². The van der Waals surface area contributed by atoms with Crippen LogP contribution in [0.15, 0.2) is 16.7 Å². The minimum absolute atomic E-state index is 0.200. The number of nitrogens with zero attached hydrogens (tertiary/aromatic N) is 3. The van der Waals surface area contributed by atoms with Gasteiger partial charge in [-0.2, -0.15) is 4.98 Å². The summed E-state index contributed by atoms with van der Waals surface area (Å²) in [6.45, 7) is 3.84. The Hall–Kier alpha value is -2.48. The molecule has 0 aromatic carbocycles. The largest absolute Gasteiger partial charge is 0.345 e. The van der Waals surface area contributed by atoms with Gasteiger partial charge in [0.15, 0.2) is 5.82 Å². The van der Waals surface area contributed by atoms with Gasteiger partial charge in [0.05, 0.1) is 6.54 Å². The molecule has 0 saturated carbocycles. The zero-order chi connectivity index (χ0) is 14.5. The molecule has 1 amide bonds. The van der Waals surface area contributed by atoms with E-state index in [9.17, 15) is 4.79 Å². The van der Waals surface area contributed by atoms with Gasteiger partial charge in [-0.1, -0.05) is 12.1 Å². The Labute approximate surface area is 115 Å². The van der Waals surface area contributed by atoms with Crippen LogP contribution in [0.25, 0.3) is 0 Å². The zero-order valence-corrected chi connectivity index (χ0v) is 11.3. The third kappa shape index (κ3) is 3.29. The number of hydrogen-bond donors (Lipinski definition) is 3. The number of hydrazine groups is 1. The molecule has 4 N–H and O–H groups in total. The molecule has 0 aliphatic rings. The van der Waals surface area contributed by atoms with Gasteiger partial charge in [0, 0.05) is 18.2 Å². The first-order chi connectivity index (χ1) is 9.62. The van der Waals surface area contributed by atoms with Crippen LogP contribution in [0.2, 0.25) is 0 Å². The lowest BCUT2D eigenvalue weighted by molar-refractivity contribution is 0.0949. The van der Waals surface area contributed by atoms with Crippen LogP contribution in [-0.2, 0) is 13.0 Å². The molecule has 2 heterocycles. The molecule has 0 saturated heterocycles. The first kappa shape index (κ1) is 13.9. The fourth-order valence-electron chi connectivity index (χ4n) is 1.65. The highest BCUT2D eigenvalue weighted by molar-refractivity contribution is 5.94. The molecule has 2 rings (SSSR count). The number of amides is 1. The Morgan fingerprint density at radius 2 is 2.20 bits per heavy atom. The van der Waals surface area contributed by atoms with Crippen molar-refractivity contribution in [2.24, 2.45) is 5.84 Å². The number of anilines is 1. The van der Waals surface area contributed by atoms with Crippen LogP contribution in [0, 0.1) is 6.92 Å². The number of pyridine rings is 1. The first-order valence-corrected chi connectivity index (χ1v) is 6.17. The van der Waals surface area contributed by atoms with Crippen molar-refractivity contribution >= 4 is 11.7 Å². The van der Waals surface area contributed by atoms with Crippen LogP contribution in [0.4, 0.5) is 5.82 Å². The highest BCUT2D eigenvalue weighted by Crippen LogP contribution is 2.10. The van der Waals surface area contributed by atoms with Gasteiger partial charge in [-0.15, -0.1) is 0 Å². The van der Waals surface area contributed by atoms with Crippen molar-refractivity contribution < 1.29 is 9.32 Å². The molecule has 0 spiro atoms. The fourth-order valence-corrected chi connectivity index (χ4v) is 1.65. The van der Waals surface area contributed by atoms with Crippen LogP contribution in [0.3, 0.4) is 0 Å². The highest BCUT2D eigenvalue weighted by atomic mass is 16.5. The number of carbonyl (C=O) groups is 1. The van der Waals surface area contributed by atoms with Crippen LogP contribution >= 0.6 is 0 Å². The second kappa shape index (κ2) is 6.11. The summed E-state index contributed by atoms with van der Waals surface area (Å²) in [4.78, 5) is 20.3. The molecule has 20 heavy (non-hydrogen) atoms. The predicted octanol–water partition coefficient (Wildman–Crippen LogP) is 0.551. The molecule has 8 nitrogen and oxygen atoms in total. The molecule has 0 aliphatic carbocycles. The van der Waals surface area contributed by atoms with E-state index in [4.69, 9.17) is 10.4 Å². The SMILES string of the molecule is CCc1cc(C(=O)NCc2noc(C)n2)cc(NN)n1. The summed E-state index contributed by atoms with van der Waals surface area (Å²) < 4.78 is 4.83. The summed E-state index contributed by atoms with van der Waals surface area (Å²) in [5.74, 6) is 6.42. The summed E-state index contributed by atoms with van der Waals surface area (Å²) in [6.07, 6.45) is 0.708. The minimum Gasteiger partial charge on any atom is -0.345 e. The Bertz CT molecular complexity index is 587. The molecule has 0 fully saturated rings. The smallest absolute Gasteiger partial charge is 0.251 e. The van der Waals surface area contributed by atoms with Crippen LogP contribution in [-0.4, -0.2) is 21.0 Å². The molecule has 2 aromatic rings. The number of hydrogen-bond acceptors (Lipinski definition) is 7. The molecule has 0 radical (unpaired) electrons. The van der Waals surface area contributed by atoms with E-state index in [-0.39, 0.29) is 12.5 Å². The normalized spacial score (nSPS) is 10.3. The monoisotopic (exact) mass is 276 g/mol. The van der Waals surface area contributed by atoms with E-state index in [2.05, 4.69) is 25.9 Å². The summed E-state index contributed by atoms with van der Waals surface area (Å²) >= 11 is 0. The van der Waals surface area contributed by atoms with Gasteiger partial charge in [0.2, 0.25) is 5.89 Å². The van der Waals surface area contributed by atoms with Gasteiger partial charge < -0.3 is 15.3 Å². The minimum atomic E-state index is -0.249. The van der Waals surface area contributed by atoms with Gasteiger partial charge in [-0.25, -0.2) is 10.8 Å². The Morgan fingerprint density at radius 1 is 1.40 bits per heavy atom. The van der Waals surface area contributed by atoms with Gasteiger partial charge >= 0.3 is 0 Å². The average Bonchev–Trinajstić information content (AvgIpc) is 2.89. The lowest BCUT2D eigenvalue weighted by Gasteiger charge is -2.07. The summed E-state index contributed by atoms with van der Waals surface area (Å²) in [5, 5.41) is 6.41. The van der Waals surface area contributed by atoms with Crippen molar-refractivity contribution in [3.63, 3.8) is 0 Å². The number of aromatic nitrogens is 3. The Kier molecular flexibility index (Phi) is 4.26. The number of carbonyl (C=O) groups excluding carboxylic acids is 1. The number of rotatable bonds is 5. The third-order valence-corrected chi connectivity index (χ3v) is 2.63. The topological polar surface area (TPSA) is 119 Å². The number of nitrogens with two attached hydrogens (primary N) is 1. The highest BCUT2D eigenvalue weighted by Gasteiger charge is 2.10. The third-order valence-electron chi connectivity index (χ3n) is 2.63. The maximum Gasteiger partial charge on any atom is 0.251 e. The molecule has 0 atom stereocenters. The molecular formula is C12H16N6O2. The van der Waals surface area contributed by atoms with E-state index in [1.165, 1.54) is 0 Å². The van der Waals surface area contributed by atoms with Crippen molar-refractivity contribution in [1.29, 1.82) is 0 Å². The lowest BCUT2D eigenvalue weighted by atomic mass is 10.2. The fraction of sp³-hybridized carbons (Fsp3) is 0.333. The first-order valence-electron chi connectivity index (χ1n) is 6.17. The van der Waals surface area contributed by atoms with Crippen molar-refractivity contribution in [2.75, 3.05) is 5.43 Å². The summed E-state index contributed by atoms with van der Waals surface area (Å²) in [5.41, 5.74) is 3.70. The quantitative estimate of drug-likeness (QED) is 0.539. The van der Waals surface area contributed by atoms with Gasteiger partial charge in [-0.05, 0) is 18.6 Å². The second-order valence-corrected chi connectivity index (χ2v) is 4.14. The number of nitrogens with one attached hydrogen (secondary N) is 2. The molecule has 0 aliphatic heterocycles. The molecule has 0 unspecified atom stereocenters. The maximum absolute atomic E-state index is 12.1. The molecule has 106 valence electrons. The van der Waals surface area contributed by atoms with Crippen molar-refractivity contribution in [3.05, 3.63) is 35.1 Å². The number of aryl methyl sites for hydroxylation is 2. The van der Waals surface area contributed by atoms with E-state index >= 15 is 0 Å². The maximum atomic E-state index is 12.1. The molecule has 0 bridgehead atoms. The van der Waals surface area contributed by atoms with Crippen LogP contribution in [0.1, 0.15) is 34.7 Å². The average molecular weight is 276 g/mol. The Balaban J connectivity index is 2.08. The van der Waals surface area contributed by atoms with Gasteiger partial charge in [0.25, 0.3) is 5.91 Å².